The van der Waals surface area contributed by atoms with Crippen LogP contribution in [-0.2, 0) is 13.6 Å². The van der Waals surface area contributed by atoms with Gasteiger partial charge in [0.2, 0.25) is 11.2 Å². The average Bonchev–Trinajstić information content (AvgIpc) is 3.14. The molecule has 0 amide bonds. The van der Waals surface area contributed by atoms with Crippen LogP contribution in [0.2, 0.25) is 0 Å². The number of benzene rings is 1. The molecule has 170 valence electrons. The van der Waals surface area contributed by atoms with Gasteiger partial charge in [0.1, 0.15) is 23.9 Å². The first kappa shape index (κ1) is 21.2. The van der Waals surface area contributed by atoms with Gasteiger partial charge in [-0.15, -0.1) is 9.38 Å². The summed E-state index contributed by atoms with van der Waals surface area (Å²) in [5.74, 6) is -0.992. The highest BCUT2D eigenvalue weighted by Gasteiger charge is 2.26. The Labute approximate surface area is 190 Å². The number of aromatic amines is 1. The molecule has 5 rings (SSSR count). The molecule has 0 unspecified atom stereocenters. The highest BCUT2D eigenvalue weighted by molar-refractivity contribution is 5.88. The number of rotatable bonds is 4. The number of nitrogens with zero attached hydrogens (tertiary/aromatic N) is 5. The largest absolute Gasteiger partial charge is 0.428 e. The third-order valence-corrected chi connectivity index (χ3v) is 5.42. The predicted octanol–water partition coefficient (Wildman–Crippen LogP) is 1.65. The second-order valence-electron chi connectivity index (χ2n) is 7.70. The summed E-state index contributed by atoms with van der Waals surface area (Å²) >= 11 is 0. The predicted molar refractivity (Wildman–Crippen MR) is 120 cm³/mol. The second-order valence-corrected chi connectivity index (χ2v) is 7.70. The Morgan fingerprint density at radius 2 is 1.71 bits per heavy atom. The summed E-state index contributed by atoms with van der Waals surface area (Å²) in [6, 6.07) is 11.4. The molecule has 9 nitrogen and oxygen atoms in total. The Morgan fingerprint density at radius 1 is 1.00 bits per heavy atom. The summed E-state index contributed by atoms with van der Waals surface area (Å²) in [5.41, 5.74) is 8.24. The van der Waals surface area contributed by atoms with Crippen molar-refractivity contribution in [1.82, 2.24) is 24.3 Å². The molecule has 4 heterocycles. The molecule has 0 aliphatic carbocycles. The van der Waals surface area contributed by atoms with Gasteiger partial charge in [0.05, 0.1) is 17.5 Å². The number of halogens is 2. The first-order valence-corrected chi connectivity index (χ1v) is 10.2. The van der Waals surface area contributed by atoms with Crippen LogP contribution in [0.3, 0.4) is 0 Å². The van der Waals surface area contributed by atoms with Crippen molar-refractivity contribution in [3.63, 3.8) is 0 Å². The number of pyridine rings is 2. The maximum Gasteiger partial charge on any atom is 0.428 e. The fourth-order valence-corrected chi connectivity index (χ4v) is 3.76. The number of nitrogen functional groups attached to an aromatic ring is 1. The molecular weight excluding hydrogens is 444 g/mol. The monoisotopic (exact) mass is 462 g/mol. The third kappa shape index (κ3) is 3.62. The molecule has 3 N–H and O–H groups in total. The molecule has 5 aromatic rings. The van der Waals surface area contributed by atoms with Crippen molar-refractivity contribution < 1.29 is 13.2 Å². The minimum atomic E-state index is -0.511. The minimum Gasteiger partial charge on any atom is -0.319 e. The van der Waals surface area contributed by atoms with Gasteiger partial charge in [-0.1, -0.05) is 0 Å². The van der Waals surface area contributed by atoms with Gasteiger partial charge < -0.3 is 10.3 Å². The normalized spacial score (nSPS) is 11.3. The molecule has 0 aliphatic heterocycles. The minimum absolute atomic E-state index is 0.0266. The molecule has 11 heteroatoms. The summed E-state index contributed by atoms with van der Waals surface area (Å²) in [6.45, 7) is 0.0266. The highest BCUT2D eigenvalue weighted by atomic mass is 19.1. The Morgan fingerprint density at radius 3 is 2.38 bits per heavy atom. The zero-order chi connectivity index (χ0) is 24.0. The first-order chi connectivity index (χ1) is 16.3. The van der Waals surface area contributed by atoms with Crippen LogP contribution in [0.1, 0.15) is 5.69 Å². The van der Waals surface area contributed by atoms with E-state index in [9.17, 15) is 18.4 Å². The molecule has 0 fully saturated rings. The van der Waals surface area contributed by atoms with Crippen molar-refractivity contribution in [2.45, 2.75) is 6.54 Å². The Hall–Kier alpha value is -4.67. The SMILES string of the molecule is Cn1cc(-c2c(-c3ccc(F)cc3)nc(N)[n+]3c(=O)n(Cc4ccc(F)cn4)[nH]c23)ccc1=O. The number of nitrogens with two attached hydrogens (primary N) is 1. The number of nitrogens with one attached hydrogen (secondary N) is 1. The number of fused-ring (bicyclic) bond motifs is 1. The summed E-state index contributed by atoms with van der Waals surface area (Å²) < 4.78 is 30.7. The summed E-state index contributed by atoms with van der Waals surface area (Å²) in [6.07, 6.45) is 2.67. The van der Waals surface area contributed by atoms with E-state index in [1.54, 1.807) is 31.4 Å². The molecule has 0 radical (unpaired) electrons. The smallest absolute Gasteiger partial charge is 0.319 e. The molecule has 34 heavy (non-hydrogen) atoms. The van der Waals surface area contributed by atoms with Crippen LogP contribution in [-0.4, -0.2) is 24.3 Å². The van der Waals surface area contributed by atoms with Crippen LogP contribution in [0.4, 0.5) is 14.7 Å². The zero-order valence-corrected chi connectivity index (χ0v) is 17.9. The number of hydrogen-bond donors (Lipinski definition) is 2. The lowest BCUT2D eigenvalue weighted by Gasteiger charge is -2.09. The summed E-state index contributed by atoms with van der Waals surface area (Å²) in [5, 5.41) is 3.04. The maximum absolute atomic E-state index is 13.6. The van der Waals surface area contributed by atoms with E-state index in [1.807, 2.05) is 0 Å². The molecule has 0 atom stereocenters. The van der Waals surface area contributed by atoms with Crippen molar-refractivity contribution in [2.75, 3.05) is 5.73 Å². The van der Waals surface area contributed by atoms with Crippen molar-refractivity contribution in [2.24, 2.45) is 7.05 Å². The number of aromatic nitrogens is 6. The molecular formula is C23H18F2N7O2+. The van der Waals surface area contributed by atoms with Crippen LogP contribution in [0.5, 0.6) is 0 Å². The van der Waals surface area contributed by atoms with E-state index in [4.69, 9.17) is 5.73 Å². The van der Waals surface area contributed by atoms with Crippen LogP contribution in [0, 0.1) is 11.6 Å². The molecule has 0 saturated carbocycles. The first-order valence-electron chi connectivity index (χ1n) is 10.2. The molecule has 1 aromatic carbocycles. The Balaban J connectivity index is 1.80. The van der Waals surface area contributed by atoms with E-state index in [0.29, 0.717) is 33.7 Å². The molecule has 0 saturated heterocycles. The lowest BCUT2D eigenvalue weighted by molar-refractivity contribution is -0.516. The average molecular weight is 462 g/mol. The topological polar surface area (TPSA) is 116 Å². The second kappa shape index (κ2) is 8.03. The van der Waals surface area contributed by atoms with E-state index >= 15 is 0 Å². The number of aryl methyl sites for hydroxylation is 1. The van der Waals surface area contributed by atoms with E-state index in [1.165, 1.54) is 44.0 Å². The summed E-state index contributed by atoms with van der Waals surface area (Å²) in [7, 11) is 1.60. The van der Waals surface area contributed by atoms with Gasteiger partial charge in [-0.2, -0.15) is 4.68 Å². The fraction of sp³-hybridized carbons (Fsp3) is 0.0870. The lowest BCUT2D eigenvalue weighted by Crippen LogP contribution is -2.44. The lowest BCUT2D eigenvalue weighted by atomic mass is 10.0. The Kier molecular flexibility index (Phi) is 5.01. The van der Waals surface area contributed by atoms with E-state index in [-0.39, 0.29) is 18.1 Å². The van der Waals surface area contributed by atoms with Gasteiger partial charge in [0.25, 0.3) is 0 Å². The van der Waals surface area contributed by atoms with Crippen molar-refractivity contribution in [3.8, 4) is 22.4 Å². The molecule has 4 aromatic heterocycles. The van der Waals surface area contributed by atoms with Gasteiger partial charge in [-0.3, -0.25) is 9.78 Å². The highest BCUT2D eigenvalue weighted by Crippen LogP contribution is 2.32. The summed E-state index contributed by atoms with van der Waals surface area (Å²) in [4.78, 5) is 33.6. The van der Waals surface area contributed by atoms with Crippen LogP contribution in [0.15, 0.2) is 70.5 Å². The number of anilines is 1. The van der Waals surface area contributed by atoms with Crippen molar-refractivity contribution in [1.29, 1.82) is 0 Å². The van der Waals surface area contributed by atoms with Crippen LogP contribution < -0.4 is 21.4 Å². The van der Waals surface area contributed by atoms with Crippen molar-refractivity contribution in [3.05, 3.63) is 99.1 Å². The van der Waals surface area contributed by atoms with E-state index in [0.717, 1.165) is 6.20 Å². The fourth-order valence-electron chi connectivity index (χ4n) is 3.76. The number of hydrogen-bond acceptors (Lipinski definition) is 5. The van der Waals surface area contributed by atoms with Gasteiger partial charge in [0, 0.05) is 30.4 Å². The van der Waals surface area contributed by atoms with Crippen LogP contribution >= 0.6 is 0 Å². The van der Waals surface area contributed by atoms with Crippen LogP contribution in [0.25, 0.3) is 28.0 Å². The standard InChI is InChI=1S/C23H17F2N7O2/c1-30-11-14(4-9-18(30)33)19-20(13-2-5-15(24)6-3-13)28-22(26)32-21(19)29-31(23(32)34)12-17-8-7-16(25)10-27-17/h2-11H,12H2,1H3,(H2,26,28,29)/p+1. The van der Waals surface area contributed by atoms with E-state index in [2.05, 4.69) is 15.1 Å². The van der Waals surface area contributed by atoms with E-state index < -0.39 is 17.3 Å². The molecule has 0 aliphatic rings. The van der Waals surface area contributed by atoms with Gasteiger partial charge in [-0.05, 0) is 42.5 Å². The van der Waals surface area contributed by atoms with Gasteiger partial charge >= 0.3 is 11.6 Å². The molecule has 0 bridgehead atoms. The Bertz CT molecular complexity index is 1650. The third-order valence-electron chi connectivity index (χ3n) is 5.42. The quantitative estimate of drug-likeness (QED) is 0.394. The molecule has 0 spiro atoms. The van der Waals surface area contributed by atoms with Gasteiger partial charge in [0.15, 0.2) is 0 Å². The maximum atomic E-state index is 13.6. The zero-order valence-electron chi connectivity index (χ0n) is 17.9. The van der Waals surface area contributed by atoms with Gasteiger partial charge in [-0.25, -0.2) is 18.7 Å². The number of H-pyrrole nitrogens is 1. The van der Waals surface area contributed by atoms with Crippen molar-refractivity contribution >= 4 is 11.6 Å².